The first-order chi connectivity index (χ1) is 16.1. The van der Waals surface area contributed by atoms with Crippen molar-refractivity contribution in [3.63, 3.8) is 0 Å². The number of allylic oxidation sites excluding steroid dienone is 2. The minimum absolute atomic E-state index is 0.0142. The highest BCUT2D eigenvalue weighted by Crippen LogP contribution is 2.45. The summed E-state index contributed by atoms with van der Waals surface area (Å²) in [4.78, 5) is 24.2. The Bertz CT molecular complexity index is 739. The fourth-order valence-electron chi connectivity index (χ4n) is 5.82. The Balaban J connectivity index is 2.18. The lowest BCUT2D eigenvalue weighted by Gasteiger charge is -2.44. The molecule has 7 nitrogen and oxygen atoms in total. The van der Waals surface area contributed by atoms with E-state index in [1.165, 1.54) is 0 Å². The van der Waals surface area contributed by atoms with Crippen LogP contribution in [0.4, 0.5) is 0 Å². The summed E-state index contributed by atoms with van der Waals surface area (Å²) in [5.74, 6) is -1.07. The fourth-order valence-corrected chi connectivity index (χ4v) is 5.82. The molecule has 0 heterocycles. The Morgan fingerprint density at radius 2 is 1.85 bits per heavy atom. The van der Waals surface area contributed by atoms with Gasteiger partial charge in [-0.3, -0.25) is 9.59 Å². The van der Waals surface area contributed by atoms with E-state index in [0.717, 1.165) is 18.4 Å². The average Bonchev–Trinajstić information content (AvgIpc) is 2.76. The van der Waals surface area contributed by atoms with Crippen molar-refractivity contribution in [1.29, 1.82) is 0 Å². The molecule has 0 radical (unpaired) electrons. The third kappa shape index (κ3) is 7.15. The van der Waals surface area contributed by atoms with E-state index in [1.807, 2.05) is 26.0 Å². The first-order valence-corrected chi connectivity index (χ1v) is 12.9. The van der Waals surface area contributed by atoms with Gasteiger partial charge in [-0.05, 0) is 55.9 Å². The van der Waals surface area contributed by atoms with Gasteiger partial charge in [-0.25, -0.2) is 0 Å². The van der Waals surface area contributed by atoms with Crippen LogP contribution in [-0.2, 0) is 14.3 Å². The summed E-state index contributed by atoms with van der Waals surface area (Å²) in [6.45, 7) is 8.22. The van der Waals surface area contributed by atoms with Gasteiger partial charge in [0.15, 0.2) is 0 Å². The van der Waals surface area contributed by atoms with Crippen LogP contribution in [0.1, 0.15) is 85.5 Å². The first-order valence-electron chi connectivity index (χ1n) is 12.9. The summed E-state index contributed by atoms with van der Waals surface area (Å²) in [6.07, 6.45) is 7.06. The molecule has 7 atom stereocenters. The van der Waals surface area contributed by atoms with Crippen molar-refractivity contribution >= 4 is 11.9 Å². The van der Waals surface area contributed by atoms with Gasteiger partial charge in [0, 0.05) is 12.3 Å². The maximum absolute atomic E-state index is 13.4. The molecule has 0 aliphatic heterocycles. The van der Waals surface area contributed by atoms with Crippen LogP contribution in [0, 0.1) is 23.2 Å². The van der Waals surface area contributed by atoms with E-state index in [-0.39, 0.29) is 36.6 Å². The molecule has 0 amide bonds. The van der Waals surface area contributed by atoms with E-state index < -0.39 is 35.8 Å². The van der Waals surface area contributed by atoms with Gasteiger partial charge in [-0.1, -0.05) is 52.3 Å². The molecule has 194 valence electrons. The Morgan fingerprint density at radius 1 is 1.18 bits per heavy atom. The molecule has 34 heavy (non-hydrogen) atoms. The molecule has 0 spiro atoms. The minimum atomic E-state index is -1.09. The van der Waals surface area contributed by atoms with Crippen LogP contribution in [0.5, 0.6) is 0 Å². The minimum Gasteiger partial charge on any atom is -0.481 e. The van der Waals surface area contributed by atoms with Crippen molar-refractivity contribution in [1.82, 2.24) is 0 Å². The van der Waals surface area contributed by atoms with Gasteiger partial charge >= 0.3 is 11.9 Å². The van der Waals surface area contributed by atoms with E-state index in [4.69, 9.17) is 9.84 Å². The number of carbonyl (C=O) groups is 2. The van der Waals surface area contributed by atoms with Crippen LogP contribution in [0.3, 0.4) is 0 Å². The SMILES string of the molecule is CCCC(CC)(CC)C(=O)OC1CC(O)C=C2C=CC(C)C(CCC(O)CC(O)CC(=O)O)C21. The summed E-state index contributed by atoms with van der Waals surface area (Å²) in [7, 11) is 0. The van der Waals surface area contributed by atoms with Crippen molar-refractivity contribution in [2.45, 2.75) is 110 Å². The summed E-state index contributed by atoms with van der Waals surface area (Å²) < 4.78 is 6.18. The highest BCUT2D eigenvalue weighted by Gasteiger charge is 2.44. The summed E-state index contributed by atoms with van der Waals surface area (Å²) in [5.41, 5.74) is 0.456. The molecule has 0 saturated carbocycles. The second-order valence-electron chi connectivity index (χ2n) is 10.3. The molecule has 0 aromatic carbocycles. The van der Waals surface area contributed by atoms with Crippen molar-refractivity contribution in [2.24, 2.45) is 23.2 Å². The lowest BCUT2D eigenvalue weighted by molar-refractivity contribution is -0.168. The summed E-state index contributed by atoms with van der Waals surface area (Å²) in [5, 5.41) is 39.6. The first kappa shape index (κ1) is 28.5. The molecule has 4 N–H and O–H groups in total. The molecule has 7 unspecified atom stereocenters. The average molecular weight is 481 g/mol. The van der Waals surface area contributed by atoms with Crippen molar-refractivity contribution in [2.75, 3.05) is 0 Å². The number of fused-ring (bicyclic) bond motifs is 1. The van der Waals surface area contributed by atoms with E-state index in [9.17, 15) is 24.9 Å². The van der Waals surface area contributed by atoms with E-state index in [0.29, 0.717) is 32.1 Å². The zero-order valence-corrected chi connectivity index (χ0v) is 21.2. The molecular weight excluding hydrogens is 436 g/mol. The van der Waals surface area contributed by atoms with Gasteiger partial charge < -0.3 is 25.2 Å². The van der Waals surface area contributed by atoms with Crippen LogP contribution in [-0.4, -0.2) is 56.8 Å². The zero-order valence-electron chi connectivity index (χ0n) is 21.2. The number of ether oxygens (including phenoxy) is 1. The molecule has 0 aromatic rings. The smallest absolute Gasteiger partial charge is 0.312 e. The van der Waals surface area contributed by atoms with Crippen molar-refractivity contribution in [3.8, 4) is 0 Å². The zero-order chi connectivity index (χ0) is 25.5. The van der Waals surface area contributed by atoms with Gasteiger partial charge in [-0.15, -0.1) is 0 Å². The monoisotopic (exact) mass is 480 g/mol. The van der Waals surface area contributed by atoms with Gasteiger partial charge in [0.2, 0.25) is 0 Å². The van der Waals surface area contributed by atoms with E-state index in [2.05, 4.69) is 19.9 Å². The van der Waals surface area contributed by atoms with Crippen LogP contribution < -0.4 is 0 Å². The highest BCUT2D eigenvalue weighted by atomic mass is 16.5. The molecule has 2 aliphatic rings. The Morgan fingerprint density at radius 3 is 2.44 bits per heavy atom. The second-order valence-corrected chi connectivity index (χ2v) is 10.3. The van der Waals surface area contributed by atoms with Crippen LogP contribution in [0.2, 0.25) is 0 Å². The van der Waals surface area contributed by atoms with Gasteiger partial charge in [0.1, 0.15) is 6.10 Å². The number of carboxylic acids is 1. The second kappa shape index (κ2) is 12.8. The highest BCUT2D eigenvalue weighted by molar-refractivity contribution is 5.77. The van der Waals surface area contributed by atoms with Crippen LogP contribution in [0.15, 0.2) is 23.8 Å². The molecule has 7 heteroatoms. The molecule has 2 rings (SSSR count). The number of esters is 1. The number of rotatable bonds is 13. The third-order valence-corrected chi connectivity index (χ3v) is 7.93. The number of carbonyl (C=O) groups excluding carboxylic acids is 1. The number of aliphatic hydroxyl groups excluding tert-OH is 3. The Hall–Kier alpha value is -1.70. The fraction of sp³-hybridized carbons (Fsp3) is 0.778. The molecule has 0 bridgehead atoms. The van der Waals surface area contributed by atoms with Crippen molar-refractivity contribution in [3.05, 3.63) is 23.8 Å². The third-order valence-electron chi connectivity index (χ3n) is 7.93. The van der Waals surface area contributed by atoms with Crippen LogP contribution in [0.25, 0.3) is 0 Å². The quantitative estimate of drug-likeness (QED) is 0.294. The van der Waals surface area contributed by atoms with E-state index in [1.54, 1.807) is 0 Å². The number of aliphatic carboxylic acids is 1. The van der Waals surface area contributed by atoms with E-state index >= 15 is 0 Å². The largest absolute Gasteiger partial charge is 0.481 e. The van der Waals surface area contributed by atoms with Gasteiger partial charge in [-0.2, -0.15) is 0 Å². The summed E-state index contributed by atoms with van der Waals surface area (Å²) >= 11 is 0. The lowest BCUT2D eigenvalue weighted by Crippen LogP contribution is -2.45. The predicted octanol–water partition coefficient (Wildman–Crippen LogP) is 4.00. The standard InChI is InChI=1S/C27H44O7/c1-5-12-27(6-2,7-3)26(33)34-23-15-20(29)13-18-9-8-17(4)22(25(18)23)11-10-19(28)14-21(30)16-24(31)32/h8-9,13,17,19-23,25,28-30H,5-7,10-12,14-16H2,1-4H3,(H,31,32). The maximum Gasteiger partial charge on any atom is 0.312 e. The summed E-state index contributed by atoms with van der Waals surface area (Å²) in [6, 6.07) is 0. The van der Waals surface area contributed by atoms with Gasteiger partial charge in [0.05, 0.1) is 30.1 Å². The number of hydrogen-bond donors (Lipinski definition) is 4. The number of carboxylic acid groups (broad SMARTS) is 1. The van der Waals surface area contributed by atoms with Crippen LogP contribution >= 0.6 is 0 Å². The number of aliphatic hydroxyl groups is 3. The number of hydrogen-bond acceptors (Lipinski definition) is 6. The molecule has 2 aliphatic carbocycles. The normalized spacial score (nSPS) is 28.6. The molecular formula is C27H44O7. The topological polar surface area (TPSA) is 124 Å². The molecule has 0 fully saturated rings. The Kier molecular flexibility index (Phi) is 10.8. The maximum atomic E-state index is 13.4. The molecule has 0 aromatic heterocycles. The lowest BCUT2D eigenvalue weighted by atomic mass is 9.66. The Labute approximate surface area is 203 Å². The predicted molar refractivity (Wildman–Crippen MR) is 130 cm³/mol. The van der Waals surface area contributed by atoms with Crippen molar-refractivity contribution < 1.29 is 34.8 Å². The van der Waals surface area contributed by atoms with Gasteiger partial charge in [0.25, 0.3) is 0 Å². The molecule has 0 saturated heterocycles.